The molecule has 2 aliphatic rings. The summed E-state index contributed by atoms with van der Waals surface area (Å²) in [6, 6.07) is 4.35. The smallest absolute Gasteiger partial charge is 0.226 e. The highest BCUT2D eigenvalue weighted by molar-refractivity contribution is 5.80. The summed E-state index contributed by atoms with van der Waals surface area (Å²) in [5, 5.41) is 0. The van der Waals surface area contributed by atoms with Crippen LogP contribution in [-0.2, 0) is 11.2 Å². The lowest BCUT2D eigenvalue weighted by Crippen LogP contribution is -2.47. The van der Waals surface area contributed by atoms with Gasteiger partial charge in [0, 0.05) is 12.5 Å². The summed E-state index contributed by atoms with van der Waals surface area (Å²) in [4.78, 5) is 15.0. The Morgan fingerprint density at radius 3 is 2.52 bits per heavy atom. The molecule has 2 atom stereocenters. The van der Waals surface area contributed by atoms with Crippen LogP contribution in [0, 0.1) is 11.8 Å². The molecular weight excluding hydrogens is 290 g/mol. The molecule has 4 nitrogen and oxygen atoms in total. The van der Waals surface area contributed by atoms with E-state index in [9.17, 15) is 4.79 Å². The van der Waals surface area contributed by atoms with Crippen molar-refractivity contribution in [3.63, 3.8) is 0 Å². The number of amides is 1. The third-order valence-electron chi connectivity index (χ3n) is 5.18. The van der Waals surface area contributed by atoms with Gasteiger partial charge in [0.1, 0.15) is 0 Å². The van der Waals surface area contributed by atoms with Crippen LogP contribution < -0.4 is 9.47 Å². The van der Waals surface area contributed by atoms with E-state index in [-0.39, 0.29) is 12.0 Å². The second-order valence-corrected chi connectivity index (χ2v) is 7.11. The Balaban J connectivity index is 1.89. The fraction of sp³-hybridized carbons (Fsp3) is 0.632. The highest BCUT2D eigenvalue weighted by Gasteiger charge is 2.39. The Morgan fingerprint density at radius 1 is 1.17 bits per heavy atom. The van der Waals surface area contributed by atoms with Crippen molar-refractivity contribution in [2.75, 3.05) is 20.8 Å². The van der Waals surface area contributed by atoms with Crippen LogP contribution in [0.4, 0.5) is 0 Å². The molecule has 0 radical (unpaired) electrons. The quantitative estimate of drug-likeness (QED) is 0.852. The minimum Gasteiger partial charge on any atom is -0.493 e. The lowest BCUT2D eigenvalue weighted by molar-refractivity contribution is -0.143. The normalized spacial score (nSPS) is 23.5. The summed E-state index contributed by atoms with van der Waals surface area (Å²) in [7, 11) is 3.33. The molecule has 0 saturated carbocycles. The van der Waals surface area contributed by atoms with E-state index in [1.54, 1.807) is 14.2 Å². The van der Waals surface area contributed by atoms with E-state index in [4.69, 9.17) is 9.47 Å². The predicted molar refractivity (Wildman–Crippen MR) is 89.9 cm³/mol. The fourth-order valence-corrected chi connectivity index (χ4v) is 4.11. The monoisotopic (exact) mass is 317 g/mol. The average Bonchev–Trinajstić information content (AvgIpc) is 2.55. The first-order valence-corrected chi connectivity index (χ1v) is 8.60. The molecule has 0 spiro atoms. The zero-order valence-corrected chi connectivity index (χ0v) is 14.6. The van der Waals surface area contributed by atoms with Crippen molar-refractivity contribution >= 4 is 5.91 Å². The van der Waals surface area contributed by atoms with E-state index in [0.29, 0.717) is 11.8 Å². The molecule has 2 heterocycles. The molecule has 0 aromatic heterocycles. The number of carbonyl (C=O) groups excluding carboxylic acids is 1. The molecule has 3 rings (SSSR count). The maximum atomic E-state index is 12.9. The van der Waals surface area contributed by atoms with E-state index >= 15 is 0 Å². The molecule has 1 amide bonds. The number of ether oxygens (including phenoxy) is 2. The van der Waals surface area contributed by atoms with Gasteiger partial charge in [-0.3, -0.25) is 4.79 Å². The van der Waals surface area contributed by atoms with Crippen LogP contribution in [0.15, 0.2) is 12.1 Å². The van der Waals surface area contributed by atoms with E-state index in [0.717, 1.165) is 43.7 Å². The van der Waals surface area contributed by atoms with Gasteiger partial charge in [0.2, 0.25) is 5.91 Å². The van der Waals surface area contributed by atoms with Gasteiger partial charge in [0.15, 0.2) is 11.5 Å². The van der Waals surface area contributed by atoms with Gasteiger partial charge in [-0.05, 0) is 54.9 Å². The summed E-state index contributed by atoms with van der Waals surface area (Å²) < 4.78 is 10.9. The number of piperidine rings is 1. The zero-order valence-electron chi connectivity index (χ0n) is 14.6. The number of nitrogens with zero attached hydrogens (tertiary/aromatic N) is 1. The molecule has 126 valence electrons. The molecule has 2 aliphatic heterocycles. The Labute approximate surface area is 138 Å². The summed E-state index contributed by atoms with van der Waals surface area (Å²) >= 11 is 0. The van der Waals surface area contributed by atoms with E-state index in [1.165, 1.54) is 11.1 Å². The van der Waals surface area contributed by atoms with E-state index in [2.05, 4.69) is 30.9 Å². The van der Waals surface area contributed by atoms with Crippen molar-refractivity contribution in [2.45, 2.75) is 45.6 Å². The Hall–Kier alpha value is -1.71. The maximum Gasteiger partial charge on any atom is 0.226 e. The second kappa shape index (κ2) is 6.42. The number of hydrogen-bond donors (Lipinski definition) is 0. The fourth-order valence-electron chi connectivity index (χ4n) is 4.11. The van der Waals surface area contributed by atoms with Crippen molar-refractivity contribution < 1.29 is 14.3 Å². The van der Waals surface area contributed by atoms with Crippen LogP contribution in [0.3, 0.4) is 0 Å². The highest BCUT2D eigenvalue weighted by atomic mass is 16.5. The van der Waals surface area contributed by atoms with E-state index in [1.807, 2.05) is 0 Å². The van der Waals surface area contributed by atoms with Crippen LogP contribution >= 0.6 is 0 Å². The van der Waals surface area contributed by atoms with E-state index < -0.39 is 0 Å². The van der Waals surface area contributed by atoms with Gasteiger partial charge in [-0.2, -0.15) is 0 Å². The molecule has 1 aromatic rings. The van der Waals surface area contributed by atoms with Crippen LogP contribution in [0.2, 0.25) is 0 Å². The average molecular weight is 317 g/mol. The molecule has 2 unspecified atom stereocenters. The number of benzene rings is 1. The van der Waals surface area contributed by atoms with Gasteiger partial charge < -0.3 is 14.4 Å². The third-order valence-corrected chi connectivity index (χ3v) is 5.18. The van der Waals surface area contributed by atoms with Crippen molar-refractivity contribution in [2.24, 2.45) is 11.8 Å². The highest BCUT2D eigenvalue weighted by Crippen LogP contribution is 2.43. The van der Waals surface area contributed by atoms with Crippen LogP contribution in [0.1, 0.15) is 50.3 Å². The summed E-state index contributed by atoms with van der Waals surface area (Å²) in [5.41, 5.74) is 2.53. The molecule has 23 heavy (non-hydrogen) atoms. The first-order valence-electron chi connectivity index (χ1n) is 8.60. The maximum absolute atomic E-state index is 12.9. The summed E-state index contributed by atoms with van der Waals surface area (Å²) in [6.45, 7) is 5.21. The SMILES string of the molecule is COc1cc2c(cc1OC)C1CCC(CC(C)C)C(=O)N1CC2. The summed E-state index contributed by atoms with van der Waals surface area (Å²) in [5.74, 6) is 2.65. The molecule has 0 bridgehead atoms. The number of hydrogen-bond acceptors (Lipinski definition) is 3. The summed E-state index contributed by atoms with van der Waals surface area (Å²) in [6.07, 6.45) is 3.94. The molecule has 1 fully saturated rings. The van der Waals surface area contributed by atoms with Gasteiger partial charge in [-0.15, -0.1) is 0 Å². The number of rotatable bonds is 4. The molecule has 1 saturated heterocycles. The van der Waals surface area contributed by atoms with Crippen LogP contribution in [0.25, 0.3) is 0 Å². The van der Waals surface area contributed by atoms with Crippen molar-refractivity contribution in [3.8, 4) is 11.5 Å². The lowest BCUT2D eigenvalue weighted by Gasteiger charge is -2.44. The van der Waals surface area contributed by atoms with Gasteiger partial charge in [0.05, 0.1) is 20.3 Å². The number of carbonyl (C=O) groups is 1. The predicted octanol–water partition coefficient (Wildman–Crippen LogP) is 3.59. The Kier molecular flexibility index (Phi) is 4.51. The lowest BCUT2D eigenvalue weighted by atomic mass is 9.80. The molecule has 0 aliphatic carbocycles. The third kappa shape index (κ3) is 2.91. The minimum absolute atomic E-state index is 0.202. The van der Waals surface area contributed by atoms with Gasteiger partial charge in [-0.1, -0.05) is 13.8 Å². The van der Waals surface area contributed by atoms with Gasteiger partial charge >= 0.3 is 0 Å². The van der Waals surface area contributed by atoms with Crippen LogP contribution in [-0.4, -0.2) is 31.6 Å². The number of fused-ring (bicyclic) bond motifs is 3. The first kappa shape index (κ1) is 16.2. The standard InChI is InChI=1S/C19H27NO3/c1-12(2)9-14-5-6-16-15-11-18(23-4)17(22-3)10-13(15)7-8-20(16)19(14)21/h10-12,14,16H,5-9H2,1-4H3. The molecular formula is C19H27NO3. The zero-order chi connectivity index (χ0) is 16.6. The number of methoxy groups -OCH3 is 2. The molecule has 4 heteroatoms. The van der Waals surface area contributed by atoms with Crippen molar-refractivity contribution in [1.29, 1.82) is 0 Å². The largest absolute Gasteiger partial charge is 0.493 e. The molecule has 1 aromatic carbocycles. The first-order chi connectivity index (χ1) is 11.0. The van der Waals surface area contributed by atoms with Crippen molar-refractivity contribution in [3.05, 3.63) is 23.3 Å². The minimum atomic E-state index is 0.202. The Bertz CT molecular complexity index is 597. The second-order valence-electron chi connectivity index (χ2n) is 7.11. The van der Waals surface area contributed by atoms with Gasteiger partial charge in [0.25, 0.3) is 0 Å². The van der Waals surface area contributed by atoms with Crippen molar-refractivity contribution in [1.82, 2.24) is 4.90 Å². The molecule has 0 N–H and O–H groups in total. The van der Waals surface area contributed by atoms with Gasteiger partial charge in [-0.25, -0.2) is 0 Å². The van der Waals surface area contributed by atoms with Crippen LogP contribution in [0.5, 0.6) is 11.5 Å². The Morgan fingerprint density at radius 2 is 1.87 bits per heavy atom. The topological polar surface area (TPSA) is 38.8 Å².